The maximum absolute atomic E-state index is 11.8. The number of amides is 1. The van der Waals surface area contributed by atoms with Gasteiger partial charge in [-0.1, -0.05) is 19.3 Å². The largest absolute Gasteiger partial charge is 1.00 e. The lowest BCUT2D eigenvalue weighted by atomic mass is 9.95. The highest BCUT2D eigenvalue weighted by molar-refractivity contribution is 5.75. The Hall–Kier alpha value is -0.900. The molecule has 3 nitrogen and oxygen atoms in total. The van der Waals surface area contributed by atoms with Crippen LogP contribution in [0, 0.1) is 6.92 Å². The molecule has 1 saturated carbocycles. The molecule has 1 amide bonds. The molecule has 0 atom stereocenters. The molecule has 1 fully saturated rings. The number of carbonyl (C=O) groups is 1. The average Bonchev–Trinajstić information content (AvgIpc) is 2.39. The van der Waals surface area contributed by atoms with Crippen LogP contribution in [0.1, 0.15) is 44.1 Å². The van der Waals surface area contributed by atoms with Crippen LogP contribution in [0.3, 0.4) is 0 Å². The quantitative estimate of drug-likeness (QED) is 0.717. The van der Waals surface area contributed by atoms with Crippen molar-refractivity contribution in [2.75, 3.05) is 0 Å². The molecule has 0 aliphatic heterocycles. The summed E-state index contributed by atoms with van der Waals surface area (Å²) in [7, 11) is 0. The van der Waals surface area contributed by atoms with Crippen LogP contribution in [-0.4, -0.2) is 11.9 Å². The van der Waals surface area contributed by atoms with E-state index in [2.05, 4.69) is 28.9 Å². The summed E-state index contributed by atoms with van der Waals surface area (Å²) in [5.41, 5.74) is 1.25. The van der Waals surface area contributed by atoms with Crippen molar-refractivity contribution >= 4 is 5.91 Å². The molecule has 19 heavy (non-hydrogen) atoms. The zero-order valence-electron chi connectivity index (χ0n) is 11.6. The lowest BCUT2D eigenvalue weighted by molar-refractivity contribution is -0.695. The van der Waals surface area contributed by atoms with Gasteiger partial charge in [0.2, 0.25) is 5.91 Å². The molecule has 1 aromatic heterocycles. The molecular formula is C15H23BrN2O. The summed E-state index contributed by atoms with van der Waals surface area (Å²) < 4.78 is 2.06. The van der Waals surface area contributed by atoms with Crippen molar-refractivity contribution in [2.24, 2.45) is 0 Å². The predicted molar refractivity (Wildman–Crippen MR) is 71.0 cm³/mol. The standard InChI is InChI=1S/C15H22N2O.BrH/c1-13-7-10-17(11-8-13)12-9-15(18)16-14-5-3-2-4-6-14;/h7-8,10-11,14H,2-6,9,12H2,1H3;1H. The van der Waals surface area contributed by atoms with E-state index in [0.29, 0.717) is 12.5 Å². The molecule has 4 heteroatoms. The van der Waals surface area contributed by atoms with Gasteiger partial charge in [0, 0.05) is 18.2 Å². The Balaban J connectivity index is 0.00000180. The molecule has 1 aromatic rings. The summed E-state index contributed by atoms with van der Waals surface area (Å²) in [6, 6.07) is 4.56. The van der Waals surface area contributed by atoms with Crippen molar-refractivity contribution < 1.29 is 26.3 Å². The van der Waals surface area contributed by atoms with Crippen molar-refractivity contribution in [1.29, 1.82) is 0 Å². The van der Waals surface area contributed by atoms with E-state index < -0.39 is 0 Å². The van der Waals surface area contributed by atoms with Crippen LogP contribution < -0.4 is 26.9 Å². The zero-order valence-corrected chi connectivity index (χ0v) is 13.2. The van der Waals surface area contributed by atoms with Gasteiger partial charge in [-0.3, -0.25) is 4.79 Å². The Morgan fingerprint density at radius 1 is 1.26 bits per heavy atom. The Morgan fingerprint density at radius 3 is 2.53 bits per heavy atom. The Labute approximate surface area is 126 Å². The molecule has 1 N–H and O–H groups in total. The SMILES string of the molecule is Cc1cc[n+](CCC(=O)NC2CCCCC2)cc1.[Br-]. The van der Waals surface area contributed by atoms with E-state index in [1.165, 1.54) is 24.8 Å². The lowest BCUT2D eigenvalue weighted by Crippen LogP contribution is -3.00. The van der Waals surface area contributed by atoms with Crippen LogP contribution in [0.25, 0.3) is 0 Å². The average molecular weight is 327 g/mol. The van der Waals surface area contributed by atoms with Gasteiger partial charge in [-0.05, 0) is 25.3 Å². The van der Waals surface area contributed by atoms with Gasteiger partial charge in [-0.15, -0.1) is 0 Å². The molecule has 0 aromatic carbocycles. The number of nitrogens with one attached hydrogen (secondary N) is 1. The van der Waals surface area contributed by atoms with Crippen molar-refractivity contribution in [3.8, 4) is 0 Å². The first-order valence-electron chi connectivity index (χ1n) is 6.99. The van der Waals surface area contributed by atoms with Crippen molar-refractivity contribution in [1.82, 2.24) is 5.32 Å². The van der Waals surface area contributed by atoms with Crippen LogP contribution in [-0.2, 0) is 11.3 Å². The molecule has 1 aliphatic rings. The smallest absolute Gasteiger partial charge is 0.226 e. The number of aromatic nitrogens is 1. The van der Waals surface area contributed by atoms with E-state index in [4.69, 9.17) is 0 Å². The normalized spacial score (nSPS) is 15.6. The summed E-state index contributed by atoms with van der Waals surface area (Å²) >= 11 is 0. The topological polar surface area (TPSA) is 33.0 Å². The van der Waals surface area contributed by atoms with Gasteiger partial charge in [-0.2, -0.15) is 0 Å². The second-order valence-electron chi connectivity index (χ2n) is 5.27. The first-order chi connectivity index (χ1) is 8.74. The van der Waals surface area contributed by atoms with E-state index >= 15 is 0 Å². The molecule has 106 valence electrons. The lowest BCUT2D eigenvalue weighted by Gasteiger charge is -2.22. The van der Waals surface area contributed by atoms with E-state index in [0.717, 1.165) is 19.4 Å². The number of hydrogen-bond donors (Lipinski definition) is 1. The van der Waals surface area contributed by atoms with E-state index in [9.17, 15) is 4.79 Å². The van der Waals surface area contributed by atoms with Crippen LogP contribution >= 0.6 is 0 Å². The van der Waals surface area contributed by atoms with Gasteiger partial charge >= 0.3 is 0 Å². The summed E-state index contributed by atoms with van der Waals surface area (Å²) in [5, 5.41) is 3.15. The van der Waals surface area contributed by atoms with Gasteiger partial charge in [0.15, 0.2) is 18.9 Å². The number of halogens is 1. The highest BCUT2D eigenvalue weighted by Gasteiger charge is 2.16. The molecule has 0 bridgehead atoms. The van der Waals surface area contributed by atoms with Crippen LogP contribution in [0.15, 0.2) is 24.5 Å². The first kappa shape index (κ1) is 16.2. The van der Waals surface area contributed by atoms with Gasteiger partial charge < -0.3 is 22.3 Å². The van der Waals surface area contributed by atoms with Gasteiger partial charge in [0.25, 0.3) is 0 Å². The molecule has 1 heterocycles. The van der Waals surface area contributed by atoms with Crippen LogP contribution in [0.5, 0.6) is 0 Å². The molecule has 1 aliphatic carbocycles. The Morgan fingerprint density at radius 2 is 1.89 bits per heavy atom. The zero-order chi connectivity index (χ0) is 12.8. The van der Waals surface area contributed by atoms with Gasteiger partial charge in [-0.25, -0.2) is 4.57 Å². The molecule has 0 spiro atoms. The van der Waals surface area contributed by atoms with Gasteiger partial charge in [0.1, 0.15) is 0 Å². The van der Waals surface area contributed by atoms with E-state index in [-0.39, 0.29) is 22.9 Å². The van der Waals surface area contributed by atoms with Crippen molar-refractivity contribution in [2.45, 2.75) is 58.0 Å². The molecule has 0 radical (unpaired) electrons. The van der Waals surface area contributed by atoms with Crippen molar-refractivity contribution in [3.05, 3.63) is 30.1 Å². The Kier molecular flexibility index (Phi) is 7.06. The second kappa shape index (κ2) is 8.31. The second-order valence-corrected chi connectivity index (χ2v) is 5.27. The van der Waals surface area contributed by atoms with E-state index in [1.807, 2.05) is 12.4 Å². The maximum atomic E-state index is 11.8. The van der Waals surface area contributed by atoms with E-state index in [1.54, 1.807) is 0 Å². The minimum absolute atomic E-state index is 0. The number of pyridine rings is 1. The predicted octanol–water partition coefficient (Wildman–Crippen LogP) is -0.874. The molecule has 0 saturated heterocycles. The summed E-state index contributed by atoms with van der Waals surface area (Å²) in [5.74, 6) is 0.190. The molecule has 2 rings (SSSR count). The molecular weight excluding hydrogens is 304 g/mol. The number of nitrogens with zero attached hydrogens (tertiary/aromatic N) is 1. The van der Waals surface area contributed by atoms with Crippen molar-refractivity contribution in [3.63, 3.8) is 0 Å². The third-order valence-electron chi connectivity index (χ3n) is 3.63. The number of hydrogen-bond acceptors (Lipinski definition) is 1. The van der Waals surface area contributed by atoms with Gasteiger partial charge in [0.05, 0.1) is 6.42 Å². The number of rotatable bonds is 4. The fourth-order valence-electron chi connectivity index (χ4n) is 2.46. The fourth-order valence-corrected chi connectivity index (χ4v) is 2.46. The minimum atomic E-state index is 0. The number of aryl methyl sites for hydroxylation is 2. The Bertz CT molecular complexity index is 386. The van der Waals surface area contributed by atoms with Crippen LogP contribution in [0.2, 0.25) is 0 Å². The van der Waals surface area contributed by atoms with Crippen LogP contribution in [0.4, 0.5) is 0 Å². The first-order valence-corrected chi connectivity index (χ1v) is 6.99. The monoisotopic (exact) mass is 326 g/mol. The third-order valence-corrected chi connectivity index (χ3v) is 3.63. The fraction of sp³-hybridized carbons (Fsp3) is 0.600. The molecule has 0 unspecified atom stereocenters. The summed E-state index contributed by atoms with van der Waals surface area (Å²) in [4.78, 5) is 11.8. The summed E-state index contributed by atoms with van der Waals surface area (Å²) in [6.45, 7) is 2.83. The summed E-state index contributed by atoms with van der Waals surface area (Å²) in [6.07, 6.45) is 10.8. The number of carbonyl (C=O) groups excluding carboxylic acids is 1. The highest BCUT2D eigenvalue weighted by Crippen LogP contribution is 2.17. The minimum Gasteiger partial charge on any atom is -1.00 e. The third kappa shape index (κ3) is 5.72. The maximum Gasteiger partial charge on any atom is 0.226 e. The highest BCUT2D eigenvalue weighted by atomic mass is 79.9.